The number of hydrogen-bond acceptors (Lipinski definition) is 7. The summed E-state index contributed by atoms with van der Waals surface area (Å²) >= 11 is 0. The fourth-order valence-electron chi connectivity index (χ4n) is 3.60. The molecule has 0 aliphatic carbocycles. The molecule has 0 aromatic heterocycles. The van der Waals surface area contributed by atoms with Crippen molar-refractivity contribution in [2.24, 2.45) is 0 Å². The molecule has 0 spiro atoms. The molecular weight excluding hydrogens is 394 g/mol. The number of hydrogen-bond donors (Lipinski definition) is 6. The van der Waals surface area contributed by atoms with Gasteiger partial charge in [0.15, 0.2) is 6.23 Å². The van der Waals surface area contributed by atoms with Crippen molar-refractivity contribution < 1.29 is 39.9 Å². The standard InChI is InChI=1S/C21H39NO8/c23-14-15-18(27)19(28)20(29)21(30-15)22-16(24)12-10-8-6-4-2-1-3-5-7-9-11-13-17(25)26/h15,18-21,23,27-29H,1-14H2,(H,22,24)(H,25,26)/t15-,18+,19+,20-,21-/m1/s1. The maximum Gasteiger partial charge on any atom is 0.303 e. The largest absolute Gasteiger partial charge is 0.481 e. The predicted octanol–water partition coefficient (Wildman–Crippen LogP) is 1.06. The van der Waals surface area contributed by atoms with Gasteiger partial charge in [-0.05, 0) is 12.8 Å². The summed E-state index contributed by atoms with van der Waals surface area (Å²) in [5, 5.41) is 49.6. The van der Waals surface area contributed by atoms with Crippen molar-refractivity contribution in [1.29, 1.82) is 0 Å². The highest BCUT2D eigenvalue weighted by atomic mass is 16.6. The SMILES string of the molecule is O=C(O)CCCCCCCCCCCCCC(=O)N[C@@H]1O[C@H](CO)[C@H](O)[C@H](O)[C@H]1O. The molecule has 30 heavy (non-hydrogen) atoms. The molecule has 9 nitrogen and oxygen atoms in total. The molecule has 1 aliphatic heterocycles. The van der Waals surface area contributed by atoms with Crippen LogP contribution < -0.4 is 5.32 Å². The highest BCUT2D eigenvalue weighted by Crippen LogP contribution is 2.20. The molecule has 0 bridgehead atoms. The fourth-order valence-corrected chi connectivity index (χ4v) is 3.60. The van der Waals surface area contributed by atoms with Gasteiger partial charge in [0, 0.05) is 12.8 Å². The van der Waals surface area contributed by atoms with Gasteiger partial charge in [-0.3, -0.25) is 9.59 Å². The van der Waals surface area contributed by atoms with Crippen molar-refractivity contribution in [3.8, 4) is 0 Å². The summed E-state index contributed by atoms with van der Waals surface area (Å²) < 4.78 is 5.26. The van der Waals surface area contributed by atoms with Crippen LogP contribution in [0.5, 0.6) is 0 Å². The minimum atomic E-state index is -1.49. The lowest BCUT2D eigenvalue weighted by atomic mass is 9.98. The number of nitrogens with one attached hydrogen (secondary N) is 1. The number of amides is 1. The molecule has 1 aliphatic rings. The van der Waals surface area contributed by atoms with Gasteiger partial charge in [0.1, 0.15) is 24.4 Å². The Morgan fingerprint density at radius 2 is 1.17 bits per heavy atom. The van der Waals surface area contributed by atoms with Crippen LogP contribution in [0, 0.1) is 0 Å². The number of ether oxygens (including phenoxy) is 1. The zero-order valence-corrected chi connectivity index (χ0v) is 17.7. The Labute approximate surface area is 178 Å². The molecule has 1 heterocycles. The lowest BCUT2D eigenvalue weighted by molar-refractivity contribution is -0.236. The normalized spacial score (nSPS) is 26.5. The Balaban J connectivity index is 1.99. The molecule has 0 saturated carbocycles. The smallest absolute Gasteiger partial charge is 0.303 e. The first-order chi connectivity index (χ1) is 14.4. The van der Waals surface area contributed by atoms with Crippen LogP contribution in [0.3, 0.4) is 0 Å². The van der Waals surface area contributed by atoms with E-state index in [9.17, 15) is 24.9 Å². The van der Waals surface area contributed by atoms with Crippen LogP contribution in [0.1, 0.15) is 83.5 Å². The van der Waals surface area contributed by atoms with E-state index in [1.54, 1.807) is 0 Å². The molecular formula is C21H39NO8. The first-order valence-corrected chi connectivity index (χ1v) is 11.2. The lowest BCUT2D eigenvalue weighted by Crippen LogP contribution is -2.63. The Hall–Kier alpha value is -1.26. The van der Waals surface area contributed by atoms with Crippen LogP contribution in [-0.2, 0) is 14.3 Å². The maximum absolute atomic E-state index is 12.0. The number of carbonyl (C=O) groups is 2. The summed E-state index contributed by atoms with van der Waals surface area (Å²) in [5.41, 5.74) is 0. The number of carboxylic acids is 1. The summed E-state index contributed by atoms with van der Waals surface area (Å²) in [5.74, 6) is -1.02. The fraction of sp³-hybridized carbons (Fsp3) is 0.905. The Morgan fingerprint density at radius 1 is 0.700 bits per heavy atom. The highest BCUT2D eigenvalue weighted by molar-refractivity contribution is 5.76. The number of aliphatic hydroxyl groups is 4. The molecule has 1 amide bonds. The van der Waals surface area contributed by atoms with E-state index in [0.717, 1.165) is 51.4 Å². The van der Waals surface area contributed by atoms with E-state index in [0.29, 0.717) is 6.42 Å². The first kappa shape index (κ1) is 26.8. The number of carboxylic acid groups (broad SMARTS) is 1. The lowest BCUT2D eigenvalue weighted by Gasteiger charge is -2.40. The Bertz CT molecular complexity index is 488. The van der Waals surface area contributed by atoms with Crippen LogP contribution >= 0.6 is 0 Å². The third kappa shape index (κ3) is 10.7. The zero-order chi connectivity index (χ0) is 22.4. The molecule has 1 saturated heterocycles. The third-order valence-corrected chi connectivity index (χ3v) is 5.49. The molecule has 0 aromatic rings. The Kier molecular flexibility index (Phi) is 13.9. The molecule has 1 fully saturated rings. The summed E-state index contributed by atoms with van der Waals surface area (Å²) in [6, 6.07) is 0. The summed E-state index contributed by atoms with van der Waals surface area (Å²) in [4.78, 5) is 22.4. The molecule has 176 valence electrons. The van der Waals surface area contributed by atoms with Gasteiger partial charge in [0.2, 0.25) is 5.91 Å². The highest BCUT2D eigenvalue weighted by Gasteiger charge is 2.43. The molecule has 0 aromatic carbocycles. The van der Waals surface area contributed by atoms with Gasteiger partial charge in [-0.2, -0.15) is 0 Å². The monoisotopic (exact) mass is 433 g/mol. The number of aliphatic carboxylic acids is 1. The molecule has 6 N–H and O–H groups in total. The van der Waals surface area contributed by atoms with Crippen molar-refractivity contribution in [2.75, 3.05) is 6.61 Å². The second-order valence-electron chi connectivity index (χ2n) is 8.10. The van der Waals surface area contributed by atoms with Crippen molar-refractivity contribution >= 4 is 11.9 Å². The molecule has 0 unspecified atom stereocenters. The minimum Gasteiger partial charge on any atom is -0.481 e. The predicted molar refractivity (Wildman–Crippen MR) is 110 cm³/mol. The van der Waals surface area contributed by atoms with Crippen LogP contribution in [0.15, 0.2) is 0 Å². The molecule has 0 radical (unpaired) electrons. The molecule has 9 heteroatoms. The maximum atomic E-state index is 12.0. The van der Waals surface area contributed by atoms with E-state index in [4.69, 9.17) is 14.9 Å². The topological polar surface area (TPSA) is 157 Å². The summed E-state index contributed by atoms with van der Waals surface area (Å²) in [7, 11) is 0. The van der Waals surface area contributed by atoms with Gasteiger partial charge < -0.3 is 35.6 Å². The van der Waals surface area contributed by atoms with Gasteiger partial charge in [-0.15, -0.1) is 0 Å². The molecule has 1 rings (SSSR count). The van der Waals surface area contributed by atoms with Crippen LogP contribution in [0.4, 0.5) is 0 Å². The van der Waals surface area contributed by atoms with Gasteiger partial charge >= 0.3 is 5.97 Å². The van der Waals surface area contributed by atoms with Gasteiger partial charge in [0.25, 0.3) is 0 Å². The quantitative estimate of drug-likeness (QED) is 0.197. The van der Waals surface area contributed by atoms with Gasteiger partial charge in [-0.25, -0.2) is 0 Å². The number of unbranched alkanes of at least 4 members (excludes halogenated alkanes) is 10. The van der Waals surface area contributed by atoms with Crippen molar-refractivity contribution in [3.05, 3.63) is 0 Å². The van der Waals surface area contributed by atoms with E-state index in [-0.39, 0.29) is 18.7 Å². The number of carbonyl (C=O) groups excluding carboxylic acids is 1. The van der Waals surface area contributed by atoms with E-state index in [2.05, 4.69) is 5.32 Å². The first-order valence-electron chi connectivity index (χ1n) is 11.2. The van der Waals surface area contributed by atoms with Crippen molar-refractivity contribution in [2.45, 2.75) is 114 Å². The zero-order valence-electron chi connectivity index (χ0n) is 17.7. The third-order valence-electron chi connectivity index (χ3n) is 5.49. The average Bonchev–Trinajstić information content (AvgIpc) is 2.71. The summed E-state index contributed by atoms with van der Waals surface area (Å²) in [6.07, 6.45) is 5.29. The van der Waals surface area contributed by atoms with Gasteiger partial charge in [0.05, 0.1) is 6.61 Å². The number of aliphatic hydroxyl groups excluding tert-OH is 4. The second-order valence-corrected chi connectivity index (χ2v) is 8.10. The minimum absolute atomic E-state index is 0.264. The van der Waals surface area contributed by atoms with Crippen LogP contribution in [0.2, 0.25) is 0 Å². The van der Waals surface area contributed by atoms with Gasteiger partial charge in [-0.1, -0.05) is 57.8 Å². The second kappa shape index (κ2) is 15.5. The van der Waals surface area contributed by atoms with E-state index in [1.165, 1.54) is 12.8 Å². The van der Waals surface area contributed by atoms with E-state index >= 15 is 0 Å². The van der Waals surface area contributed by atoms with Crippen LogP contribution in [0.25, 0.3) is 0 Å². The van der Waals surface area contributed by atoms with E-state index < -0.39 is 43.2 Å². The Morgan fingerprint density at radius 3 is 1.63 bits per heavy atom. The van der Waals surface area contributed by atoms with Crippen molar-refractivity contribution in [1.82, 2.24) is 5.32 Å². The van der Waals surface area contributed by atoms with Crippen LogP contribution in [-0.4, -0.2) is 74.7 Å². The number of rotatable bonds is 16. The summed E-state index contributed by atoms with van der Waals surface area (Å²) in [6.45, 7) is -0.526. The van der Waals surface area contributed by atoms with Crippen molar-refractivity contribution in [3.63, 3.8) is 0 Å². The average molecular weight is 434 g/mol. The molecule has 5 atom stereocenters. The van der Waals surface area contributed by atoms with E-state index in [1.807, 2.05) is 0 Å².